The summed E-state index contributed by atoms with van der Waals surface area (Å²) in [6.45, 7) is 0.124. The molecule has 0 unspecified atom stereocenters. The molecule has 0 atom stereocenters. The van der Waals surface area contributed by atoms with Crippen LogP contribution in [0.3, 0.4) is 0 Å². The molecule has 2 N–H and O–H groups in total. The van der Waals surface area contributed by atoms with Crippen LogP contribution in [0.25, 0.3) is 10.9 Å². The lowest BCUT2D eigenvalue weighted by Crippen LogP contribution is -2.41. The standard InChI is InChI=1S/C26H23Cl2FN4O3S/c27-19-3-8-22(9-4-19)37(35,36)33(16-18-1-6-21(29)7-2-18)17-26(34)32-14-13-31-24-11-12-30-25-15-20(28)5-10-23(24)25/h1-12,15H,13-14,16-17H2,(H,30,31)(H,32,34). The monoisotopic (exact) mass is 560 g/mol. The highest BCUT2D eigenvalue weighted by Crippen LogP contribution is 2.24. The number of nitrogens with zero attached hydrogens (tertiary/aromatic N) is 2. The van der Waals surface area contributed by atoms with E-state index < -0.39 is 28.3 Å². The van der Waals surface area contributed by atoms with Gasteiger partial charge in [-0.25, -0.2) is 12.8 Å². The second kappa shape index (κ2) is 11.9. The molecule has 0 fully saturated rings. The number of halogens is 3. The van der Waals surface area contributed by atoms with Crippen LogP contribution in [0.4, 0.5) is 10.1 Å². The minimum absolute atomic E-state index is 0.00172. The Balaban J connectivity index is 1.41. The summed E-state index contributed by atoms with van der Waals surface area (Å²) < 4.78 is 41.0. The van der Waals surface area contributed by atoms with E-state index in [0.717, 1.165) is 20.9 Å². The normalized spacial score (nSPS) is 11.6. The minimum atomic E-state index is -4.04. The summed E-state index contributed by atoms with van der Waals surface area (Å²) in [5.74, 6) is -0.918. The Morgan fingerprint density at radius 1 is 0.919 bits per heavy atom. The van der Waals surface area contributed by atoms with Crippen LogP contribution in [0.2, 0.25) is 10.0 Å². The molecule has 0 aliphatic heterocycles. The van der Waals surface area contributed by atoms with Crippen LogP contribution in [-0.2, 0) is 21.4 Å². The minimum Gasteiger partial charge on any atom is -0.383 e. The molecular weight excluding hydrogens is 538 g/mol. The summed E-state index contributed by atoms with van der Waals surface area (Å²) in [5.41, 5.74) is 2.11. The molecule has 11 heteroatoms. The lowest BCUT2D eigenvalue weighted by Gasteiger charge is -2.22. The fourth-order valence-corrected chi connectivity index (χ4v) is 5.34. The van der Waals surface area contributed by atoms with Crippen LogP contribution in [0.15, 0.2) is 83.9 Å². The SMILES string of the molecule is O=C(CN(Cc1ccc(F)cc1)S(=O)(=O)c1ccc(Cl)cc1)NCCNc1ccnc2cc(Cl)ccc12. The quantitative estimate of drug-likeness (QED) is 0.263. The number of carbonyl (C=O) groups excluding carboxylic acids is 1. The van der Waals surface area contributed by atoms with Crippen molar-refractivity contribution >= 4 is 55.7 Å². The predicted octanol–water partition coefficient (Wildman–Crippen LogP) is 5.10. The Morgan fingerprint density at radius 3 is 2.35 bits per heavy atom. The number of aromatic nitrogens is 1. The molecular formula is C26H23Cl2FN4O3S. The summed E-state index contributed by atoms with van der Waals surface area (Å²) in [4.78, 5) is 17.0. The first-order valence-electron chi connectivity index (χ1n) is 11.3. The number of amides is 1. The number of benzene rings is 3. The zero-order valence-corrected chi connectivity index (χ0v) is 21.8. The number of hydrogen-bond acceptors (Lipinski definition) is 5. The third-order valence-corrected chi connectivity index (χ3v) is 7.80. The van der Waals surface area contributed by atoms with Gasteiger partial charge in [-0.1, -0.05) is 35.3 Å². The first-order chi connectivity index (χ1) is 17.7. The van der Waals surface area contributed by atoms with Crippen LogP contribution in [0.1, 0.15) is 5.56 Å². The Labute approximate surface area is 224 Å². The van der Waals surface area contributed by atoms with Crippen molar-refractivity contribution in [3.8, 4) is 0 Å². The van der Waals surface area contributed by atoms with Gasteiger partial charge in [-0.05, 0) is 66.2 Å². The zero-order chi connectivity index (χ0) is 26.4. The summed E-state index contributed by atoms with van der Waals surface area (Å²) in [5, 5.41) is 7.85. The fraction of sp³-hybridized carbons (Fsp3) is 0.154. The molecule has 3 aromatic carbocycles. The van der Waals surface area contributed by atoms with Crippen molar-refractivity contribution in [2.45, 2.75) is 11.4 Å². The molecule has 192 valence electrons. The molecule has 4 aromatic rings. The number of carbonyl (C=O) groups is 1. The largest absolute Gasteiger partial charge is 0.383 e. The van der Waals surface area contributed by atoms with E-state index >= 15 is 0 Å². The van der Waals surface area contributed by atoms with E-state index in [1.165, 1.54) is 48.5 Å². The molecule has 0 saturated heterocycles. The maximum Gasteiger partial charge on any atom is 0.243 e. The molecule has 0 aliphatic carbocycles. The zero-order valence-electron chi connectivity index (χ0n) is 19.5. The van der Waals surface area contributed by atoms with Crippen LogP contribution in [0, 0.1) is 5.82 Å². The number of fused-ring (bicyclic) bond motifs is 1. The van der Waals surface area contributed by atoms with Gasteiger partial charge in [0.15, 0.2) is 0 Å². The third-order valence-electron chi connectivity index (χ3n) is 5.51. The van der Waals surface area contributed by atoms with Gasteiger partial charge < -0.3 is 10.6 Å². The average Bonchev–Trinajstić information content (AvgIpc) is 2.87. The van der Waals surface area contributed by atoms with Gasteiger partial charge in [0.05, 0.1) is 17.0 Å². The van der Waals surface area contributed by atoms with E-state index in [-0.39, 0.29) is 18.0 Å². The van der Waals surface area contributed by atoms with Gasteiger partial charge >= 0.3 is 0 Å². The summed E-state index contributed by atoms with van der Waals surface area (Å²) in [6, 6.07) is 18.3. The van der Waals surface area contributed by atoms with E-state index in [1.54, 1.807) is 18.3 Å². The second-order valence-corrected chi connectivity index (χ2v) is 11.0. The fourth-order valence-electron chi connectivity index (χ4n) is 3.67. The number of sulfonamides is 1. The highest BCUT2D eigenvalue weighted by molar-refractivity contribution is 7.89. The maximum absolute atomic E-state index is 13.3. The molecule has 0 radical (unpaired) electrons. The molecule has 4 rings (SSSR count). The van der Waals surface area contributed by atoms with Gasteiger partial charge in [0, 0.05) is 46.9 Å². The Kier molecular flexibility index (Phi) is 8.60. The first kappa shape index (κ1) is 26.8. The van der Waals surface area contributed by atoms with Gasteiger partial charge in [-0.2, -0.15) is 4.31 Å². The van der Waals surface area contributed by atoms with Gasteiger partial charge in [-0.15, -0.1) is 0 Å². The number of hydrogen-bond donors (Lipinski definition) is 2. The van der Waals surface area contributed by atoms with Crippen molar-refractivity contribution < 1.29 is 17.6 Å². The van der Waals surface area contributed by atoms with E-state index in [1.807, 2.05) is 12.1 Å². The van der Waals surface area contributed by atoms with Crippen molar-refractivity contribution in [1.29, 1.82) is 0 Å². The van der Waals surface area contributed by atoms with Crippen LogP contribution in [0.5, 0.6) is 0 Å². The number of pyridine rings is 1. The van der Waals surface area contributed by atoms with Gasteiger partial charge in [-0.3, -0.25) is 9.78 Å². The average molecular weight is 561 g/mol. The van der Waals surface area contributed by atoms with Gasteiger partial charge in [0.1, 0.15) is 5.82 Å². The molecule has 7 nitrogen and oxygen atoms in total. The Hall–Kier alpha value is -3.24. The predicted molar refractivity (Wildman–Crippen MR) is 144 cm³/mol. The van der Waals surface area contributed by atoms with Crippen LogP contribution >= 0.6 is 23.2 Å². The second-order valence-electron chi connectivity index (χ2n) is 8.15. The Bertz CT molecular complexity index is 1500. The highest BCUT2D eigenvalue weighted by Gasteiger charge is 2.27. The molecule has 0 spiro atoms. The summed E-state index contributed by atoms with van der Waals surface area (Å²) >= 11 is 11.9. The summed E-state index contributed by atoms with van der Waals surface area (Å²) in [7, 11) is -4.04. The van der Waals surface area contributed by atoms with E-state index in [4.69, 9.17) is 23.2 Å². The van der Waals surface area contributed by atoms with Crippen molar-refractivity contribution in [1.82, 2.24) is 14.6 Å². The van der Waals surface area contributed by atoms with Crippen molar-refractivity contribution in [2.24, 2.45) is 0 Å². The maximum atomic E-state index is 13.3. The van der Waals surface area contributed by atoms with Crippen LogP contribution < -0.4 is 10.6 Å². The third kappa shape index (κ3) is 6.95. The molecule has 1 heterocycles. The van der Waals surface area contributed by atoms with Crippen molar-refractivity contribution in [3.05, 3.63) is 100 Å². The van der Waals surface area contributed by atoms with E-state index in [9.17, 15) is 17.6 Å². The van der Waals surface area contributed by atoms with Crippen molar-refractivity contribution in [2.75, 3.05) is 25.0 Å². The molecule has 0 bridgehead atoms. The van der Waals surface area contributed by atoms with E-state index in [0.29, 0.717) is 22.2 Å². The highest BCUT2D eigenvalue weighted by atomic mass is 35.5. The van der Waals surface area contributed by atoms with Crippen LogP contribution in [-0.4, -0.2) is 43.2 Å². The molecule has 1 aromatic heterocycles. The molecule has 37 heavy (non-hydrogen) atoms. The first-order valence-corrected chi connectivity index (χ1v) is 13.5. The number of anilines is 1. The van der Waals surface area contributed by atoms with Gasteiger partial charge in [0.2, 0.25) is 15.9 Å². The molecule has 0 saturated carbocycles. The lowest BCUT2D eigenvalue weighted by atomic mass is 10.2. The lowest BCUT2D eigenvalue weighted by molar-refractivity contribution is -0.121. The summed E-state index contributed by atoms with van der Waals surface area (Å²) in [6.07, 6.45) is 1.66. The van der Waals surface area contributed by atoms with Gasteiger partial charge in [0.25, 0.3) is 0 Å². The number of nitrogens with one attached hydrogen (secondary N) is 2. The molecule has 1 amide bonds. The smallest absolute Gasteiger partial charge is 0.243 e. The van der Waals surface area contributed by atoms with E-state index in [2.05, 4.69) is 15.6 Å². The topological polar surface area (TPSA) is 91.4 Å². The molecule has 0 aliphatic rings. The number of rotatable bonds is 10. The van der Waals surface area contributed by atoms with Crippen molar-refractivity contribution in [3.63, 3.8) is 0 Å². The Morgan fingerprint density at radius 2 is 1.62 bits per heavy atom.